The zero-order valence-corrected chi connectivity index (χ0v) is 9.52. The molecular weight excluding hydrogens is 226 g/mol. The van der Waals surface area contributed by atoms with E-state index in [1.54, 1.807) is 13.0 Å². The first-order valence-corrected chi connectivity index (χ1v) is 4.97. The topological polar surface area (TPSA) is 67.4 Å². The van der Waals surface area contributed by atoms with Crippen LogP contribution in [-0.4, -0.2) is 20.0 Å². The molecule has 5 nitrogen and oxygen atoms in total. The third kappa shape index (κ3) is 1.53. The van der Waals surface area contributed by atoms with Crippen LogP contribution in [0.2, 0.25) is 5.02 Å². The Hall–Kier alpha value is -1.93. The lowest BCUT2D eigenvalue weighted by Crippen LogP contribution is -2.05. The minimum Gasteiger partial charge on any atom is -0.215 e. The van der Waals surface area contributed by atoms with E-state index in [4.69, 9.17) is 16.9 Å². The van der Waals surface area contributed by atoms with E-state index in [1.165, 1.54) is 10.9 Å². The summed E-state index contributed by atoms with van der Waals surface area (Å²) in [6, 6.07) is 3.63. The molecule has 16 heavy (non-hydrogen) atoms. The minimum absolute atomic E-state index is 0.400. The van der Waals surface area contributed by atoms with Gasteiger partial charge in [-0.2, -0.15) is 15.5 Å². The maximum absolute atomic E-state index is 8.95. The van der Waals surface area contributed by atoms with Gasteiger partial charge in [-0.25, -0.2) is 4.68 Å². The number of hydrogen-bond acceptors (Lipinski definition) is 4. The van der Waals surface area contributed by atoms with Gasteiger partial charge in [0.2, 0.25) is 0 Å². The fraction of sp³-hybridized carbons (Fsp3) is 0.200. The zero-order valence-electron chi connectivity index (χ0n) is 8.77. The molecule has 0 aromatic carbocycles. The average Bonchev–Trinajstić information content (AvgIpc) is 2.57. The van der Waals surface area contributed by atoms with E-state index in [0.29, 0.717) is 22.1 Å². The molecule has 0 atom stereocenters. The van der Waals surface area contributed by atoms with Crippen LogP contribution in [0.3, 0.4) is 0 Å². The van der Waals surface area contributed by atoms with E-state index in [1.807, 2.05) is 13.0 Å². The van der Waals surface area contributed by atoms with E-state index < -0.39 is 0 Å². The molecule has 0 radical (unpaired) electrons. The first-order chi connectivity index (χ1) is 7.65. The molecule has 0 saturated heterocycles. The SMILES string of the molecule is Cc1nn(-c2nnccc2C#N)c(C)c1Cl. The maximum atomic E-state index is 8.95. The molecule has 0 fully saturated rings. The summed E-state index contributed by atoms with van der Waals surface area (Å²) in [6.07, 6.45) is 1.47. The quantitative estimate of drug-likeness (QED) is 0.753. The summed E-state index contributed by atoms with van der Waals surface area (Å²) >= 11 is 6.03. The summed E-state index contributed by atoms with van der Waals surface area (Å²) in [6.45, 7) is 3.62. The first-order valence-electron chi connectivity index (χ1n) is 4.59. The van der Waals surface area contributed by atoms with Crippen molar-refractivity contribution in [2.75, 3.05) is 0 Å². The first kappa shape index (κ1) is 10.6. The highest BCUT2D eigenvalue weighted by atomic mass is 35.5. The monoisotopic (exact) mass is 233 g/mol. The third-order valence-corrected chi connectivity index (χ3v) is 2.77. The number of aromatic nitrogens is 4. The summed E-state index contributed by atoms with van der Waals surface area (Å²) in [7, 11) is 0. The molecule has 0 spiro atoms. The Balaban J connectivity index is 2.69. The van der Waals surface area contributed by atoms with Crippen molar-refractivity contribution in [2.45, 2.75) is 13.8 Å². The number of nitriles is 1. The Morgan fingerprint density at radius 3 is 2.75 bits per heavy atom. The molecule has 2 aromatic heterocycles. The van der Waals surface area contributed by atoms with Gasteiger partial charge in [-0.05, 0) is 19.9 Å². The second kappa shape index (κ2) is 3.91. The van der Waals surface area contributed by atoms with Gasteiger partial charge in [0.05, 0.1) is 22.6 Å². The van der Waals surface area contributed by atoms with Crippen molar-refractivity contribution in [1.29, 1.82) is 5.26 Å². The number of hydrogen-bond donors (Lipinski definition) is 0. The van der Waals surface area contributed by atoms with Gasteiger partial charge in [0.25, 0.3) is 0 Å². The molecule has 2 rings (SSSR count). The van der Waals surface area contributed by atoms with Crippen molar-refractivity contribution in [3.63, 3.8) is 0 Å². The average molecular weight is 234 g/mol. The molecule has 0 N–H and O–H groups in total. The largest absolute Gasteiger partial charge is 0.215 e. The van der Waals surface area contributed by atoms with Crippen molar-refractivity contribution < 1.29 is 0 Å². The molecule has 0 amide bonds. The van der Waals surface area contributed by atoms with Crippen molar-refractivity contribution in [2.24, 2.45) is 0 Å². The van der Waals surface area contributed by atoms with Crippen LogP contribution in [0.25, 0.3) is 5.82 Å². The fourth-order valence-corrected chi connectivity index (χ4v) is 1.52. The number of rotatable bonds is 1. The number of aryl methyl sites for hydroxylation is 1. The Morgan fingerprint density at radius 1 is 1.44 bits per heavy atom. The molecule has 0 aliphatic rings. The van der Waals surface area contributed by atoms with Crippen LogP contribution < -0.4 is 0 Å². The van der Waals surface area contributed by atoms with Gasteiger partial charge in [-0.3, -0.25) is 0 Å². The fourth-order valence-electron chi connectivity index (χ4n) is 1.40. The zero-order chi connectivity index (χ0) is 11.7. The third-order valence-electron chi connectivity index (χ3n) is 2.23. The molecule has 0 aliphatic heterocycles. The van der Waals surface area contributed by atoms with Crippen molar-refractivity contribution in [1.82, 2.24) is 20.0 Å². The van der Waals surface area contributed by atoms with E-state index in [0.717, 1.165) is 5.69 Å². The maximum Gasteiger partial charge on any atom is 0.193 e. The highest BCUT2D eigenvalue weighted by Crippen LogP contribution is 2.22. The Kier molecular flexibility index (Phi) is 2.59. The lowest BCUT2D eigenvalue weighted by atomic mass is 10.3. The minimum atomic E-state index is 0.400. The van der Waals surface area contributed by atoms with Crippen LogP contribution in [-0.2, 0) is 0 Å². The standard InChI is InChI=1S/C10H8ClN5/c1-6-9(11)7(2)16(15-6)10-8(5-12)3-4-13-14-10/h3-4H,1-2H3. The van der Waals surface area contributed by atoms with Gasteiger partial charge >= 0.3 is 0 Å². The van der Waals surface area contributed by atoms with Crippen LogP contribution in [0.4, 0.5) is 0 Å². The molecule has 2 heterocycles. The highest BCUT2D eigenvalue weighted by molar-refractivity contribution is 6.31. The van der Waals surface area contributed by atoms with Gasteiger partial charge in [-0.15, -0.1) is 5.10 Å². The lowest BCUT2D eigenvalue weighted by Gasteiger charge is -2.03. The van der Waals surface area contributed by atoms with Crippen LogP contribution in [0.15, 0.2) is 12.3 Å². The molecule has 6 heteroatoms. The van der Waals surface area contributed by atoms with Crippen molar-refractivity contribution >= 4 is 11.6 Å². The second-order valence-electron chi connectivity index (χ2n) is 3.28. The predicted octanol–water partition coefficient (Wildman–Crippen LogP) is 1.80. The summed E-state index contributed by atoms with van der Waals surface area (Å²) in [5, 5.41) is 21.4. The van der Waals surface area contributed by atoms with Crippen LogP contribution in [0, 0.1) is 25.2 Å². The smallest absolute Gasteiger partial charge is 0.193 e. The van der Waals surface area contributed by atoms with Crippen molar-refractivity contribution in [3.05, 3.63) is 34.2 Å². The Morgan fingerprint density at radius 2 is 2.19 bits per heavy atom. The van der Waals surface area contributed by atoms with Gasteiger partial charge < -0.3 is 0 Å². The van der Waals surface area contributed by atoms with Gasteiger partial charge in [0.15, 0.2) is 5.82 Å². The number of nitrogens with zero attached hydrogens (tertiary/aromatic N) is 5. The molecule has 0 aliphatic carbocycles. The normalized spacial score (nSPS) is 10.1. The summed E-state index contributed by atoms with van der Waals surface area (Å²) in [5.74, 6) is 0.400. The van der Waals surface area contributed by atoms with Crippen LogP contribution in [0.5, 0.6) is 0 Å². The van der Waals surface area contributed by atoms with E-state index in [2.05, 4.69) is 15.3 Å². The summed E-state index contributed by atoms with van der Waals surface area (Å²) in [5.41, 5.74) is 1.86. The Labute approximate surface area is 97.3 Å². The number of halogens is 1. The van der Waals surface area contributed by atoms with Crippen LogP contribution >= 0.6 is 11.6 Å². The van der Waals surface area contributed by atoms with Gasteiger partial charge in [0, 0.05) is 0 Å². The predicted molar refractivity (Wildman–Crippen MR) is 58.4 cm³/mol. The summed E-state index contributed by atoms with van der Waals surface area (Å²) in [4.78, 5) is 0. The lowest BCUT2D eigenvalue weighted by molar-refractivity contribution is 0.778. The van der Waals surface area contributed by atoms with Crippen LogP contribution in [0.1, 0.15) is 17.0 Å². The van der Waals surface area contributed by atoms with Gasteiger partial charge in [0.1, 0.15) is 11.6 Å². The second-order valence-corrected chi connectivity index (χ2v) is 3.65. The van der Waals surface area contributed by atoms with Gasteiger partial charge in [-0.1, -0.05) is 11.6 Å². The molecule has 0 bridgehead atoms. The van der Waals surface area contributed by atoms with E-state index in [9.17, 15) is 0 Å². The molecule has 0 saturated carbocycles. The molecule has 80 valence electrons. The highest BCUT2D eigenvalue weighted by Gasteiger charge is 2.14. The van der Waals surface area contributed by atoms with E-state index >= 15 is 0 Å². The summed E-state index contributed by atoms with van der Waals surface area (Å²) < 4.78 is 1.53. The molecular formula is C10H8ClN5. The molecule has 0 unspecified atom stereocenters. The Bertz CT molecular complexity index is 581. The van der Waals surface area contributed by atoms with E-state index in [-0.39, 0.29) is 0 Å². The molecule has 2 aromatic rings. The van der Waals surface area contributed by atoms with Crippen molar-refractivity contribution in [3.8, 4) is 11.9 Å².